The first-order valence-electron chi connectivity index (χ1n) is 6.03. The first-order valence-corrected chi connectivity index (χ1v) is 6.82. The monoisotopic (exact) mass is 324 g/mol. The van der Waals surface area contributed by atoms with E-state index < -0.39 is 17.4 Å². The zero-order valence-electron chi connectivity index (χ0n) is 10.3. The minimum Gasteiger partial charge on any atom is -0.375 e. The van der Waals surface area contributed by atoms with Crippen molar-refractivity contribution >= 4 is 33.4 Å². The molecule has 1 aromatic rings. The second-order valence-corrected chi connectivity index (χ2v) is 5.93. The molecule has 0 aliphatic carbocycles. The molecule has 2 amide bonds. The molecule has 2 aliphatic heterocycles. The van der Waals surface area contributed by atoms with Gasteiger partial charge < -0.3 is 15.3 Å². The molecule has 19 heavy (non-hydrogen) atoms. The second kappa shape index (κ2) is 4.05. The minimum absolute atomic E-state index is 0.189. The predicted molar refractivity (Wildman–Crippen MR) is 72.4 cm³/mol. The van der Waals surface area contributed by atoms with Crippen molar-refractivity contribution < 1.29 is 14.7 Å². The summed E-state index contributed by atoms with van der Waals surface area (Å²) in [5, 5.41) is 13.5. The third-order valence-corrected chi connectivity index (χ3v) is 4.41. The van der Waals surface area contributed by atoms with Gasteiger partial charge in [-0.3, -0.25) is 9.59 Å². The molecule has 0 aromatic heterocycles. The van der Waals surface area contributed by atoms with E-state index in [9.17, 15) is 14.7 Å². The van der Waals surface area contributed by atoms with Crippen molar-refractivity contribution in [3.8, 4) is 0 Å². The van der Waals surface area contributed by atoms with Gasteiger partial charge in [-0.25, -0.2) is 0 Å². The molecular weight excluding hydrogens is 312 g/mol. The highest BCUT2D eigenvalue weighted by atomic mass is 79.9. The fraction of sp³-hybridized carbons (Fsp3) is 0.385. The first-order chi connectivity index (χ1) is 8.94. The van der Waals surface area contributed by atoms with Gasteiger partial charge in [-0.15, -0.1) is 0 Å². The third-order valence-electron chi connectivity index (χ3n) is 3.92. The number of hydrogen-bond acceptors (Lipinski definition) is 3. The summed E-state index contributed by atoms with van der Waals surface area (Å²) in [5.41, 5.74) is -0.723. The zero-order chi connectivity index (χ0) is 13.8. The van der Waals surface area contributed by atoms with E-state index >= 15 is 0 Å². The molecule has 1 saturated heterocycles. The van der Waals surface area contributed by atoms with Crippen molar-refractivity contribution in [2.75, 3.05) is 18.9 Å². The third kappa shape index (κ3) is 1.63. The van der Waals surface area contributed by atoms with Gasteiger partial charge in [0.2, 0.25) is 5.91 Å². The number of rotatable bonds is 1. The van der Waals surface area contributed by atoms with Crippen molar-refractivity contribution in [2.45, 2.75) is 12.0 Å². The van der Waals surface area contributed by atoms with Gasteiger partial charge in [-0.05, 0) is 24.6 Å². The quantitative estimate of drug-likeness (QED) is 0.811. The average molecular weight is 325 g/mol. The Kier molecular flexibility index (Phi) is 2.69. The zero-order valence-corrected chi connectivity index (χ0v) is 11.9. The van der Waals surface area contributed by atoms with E-state index in [2.05, 4.69) is 21.2 Å². The average Bonchev–Trinajstić information content (AvgIpc) is 2.82. The van der Waals surface area contributed by atoms with E-state index in [4.69, 9.17) is 0 Å². The van der Waals surface area contributed by atoms with Crippen LogP contribution in [0.25, 0.3) is 0 Å². The fourth-order valence-electron chi connectivity index (χ4n) is 2.84. The number of nitrogens with zero attached hydrogens (tertiary/aromatic N) is 1. The Bertz CT molecular complexity index is 589. The molecule has 100 valence electrons. The number of fused-ring (bicyclic) bond motifs is 1. The van der Waals surface area contributed by atoms with Crippen LogP contribution in [0.15, 0.2) is 22.7 Å². The molecule has 0 saturated carbocycles. The van der Waals surface area contributed by atoms with Crippen LogP contribution in [0, 0.1) is 5.92 Å². The Morgan fingerprint density at radius 2 is 2.21 bits per heavy atom. The number of anilines is 1. The Morgan fingerprint density at radius 3 is 2.84 bits per heavy atom. The van der Waals surface area contributed by atoms with E-state index in [-0.39, 0.29) is 5.91 Å². The van der Waals surface area contributed by atoms with E-state index in [0.717, 1.165) is 4.47 Å². The molecule has 0 bridgehead atoms. The molecule has 2 N–H and O–H groups in total. The number of halogens is 1. The van der Waals surface area contributed by atoms with Crippen LogP contribution >= 0.6 is 15.9 Å². The normalized spacial score (nSPS) is 29.6. The summed E-state index contributed by atoms with van der Waals surface area (Å²) >= 11 is 3.33. The standard InChI is InChI=1S/C13H13BrN2O3/c1-16-5-4-8(11(16)17)13(19)9-6-7(14)2-3-10(9)15-12(13)18/h2-3,6,8,19H,4-5H2,1H3,(H,15,18). The Hall–Kier alpha value is -1.40. The maximum Gasteiger partial charge on any atom is 0.261 e. The van der Waals surface area contributed by atoms with E-state index in [1.165, 1.54) is 0 Å². The van der Waals surface area contributed by atoms with Crippen molar-refractivity contribution in [1.82, 2.24) is 4.90 Å². The Morgan fingerprint density at radius 1 is 1.47 bits per heavy atom. The minimum atomic E-state index is -1.76. The molecule has 3 rings (SSSR count). The lowest BCUT2D eigenvalue weighted by Crippen LogP contribution is -2.45. The van der Waals surface area contributed by atoms with E-state index in [1.807, 2.05) is 0 Å². The number of nitrogens with one attached hydrogen (secondary N) is 1. The molecule has 5 nitrogen and oxygen atoms in total. The van der Waals surface area contributed by atoms with Crippen LogP contribution < -0.4 is 5.32 Å². The lowest BCUT2D eigenvalue weighted by Gasteiger charge is -2.26. The Balaban J connectivity index is 2.12. The van der Waals surface area contributed by atoms with E-state index in [0.29, 0.717) is 24.2 Å². The van der Waals surface area contributed by atoms with Gasteiger partial charge >= 0.3 is 0 Å². The molecule has 2 aliphatic rings. The summed E-state index contributed by atoms with van der Waals surface area (Å²) in [6.45, 7) is 0.558. The van der Waals surface area contributed by atoms with Crippen LogP contribution in [0.3, 0.4) is 0 Å². The fourth-order valence-corrected chi connectivity index (χ4v) is 3.20. The molecular formula is C13H13BrN2O3. The van der Waals surface area contributed by atoms with Crippen LogP contribution in [0.2, 0.25) is 0 Å². The van der Waals surface area contributed by atoms with Crippen molar-refractivity contribution in [3.05, 3.63) is 28.2 Å². The number of hydrogen-bond donors (Lipinski definition) is 2. The number of benzene rings is 1. The molecule has 2 unspecified atom stereocenters. The molecule has 1 aromatic carbocycles. The van der Waals surface area contributed by atoms with Gasteiger partial charge in [-0.2, -0.15) is 0 Å². The number of carbonyl (C=O) groups is 2. The summed E-state index contributed by atoms with van der Waals surface area (Å²) in [5.74, 6) is -1.42. The lowest BCUT2D eigenvalue weighted by atomic mass is 9.81. The SMILES string of the molecule is CN1CCC(C2(O)C(=O)Nc3ccc(Br)cc32)C1=O. The van der Waals surface area contributed by atoms with Gasteiger partial charge in [0.15, 0.2) is 5.60 Å². The maximum atomic E-state index is 12.2. The molecule has 2 atom stereocenters. The van der Waals surface area contributed by atoms with Crippen molar-refractivity contribution in [3.63, 3.8) is 0 Å². The van der Waals surface area contributed by atoms with Crippen LogP contribution in [0.4, 0.5) is 5.69 Å². The van der Waals surface area contributed by atoms with Gasteiger partial charge in [0.05, 0.1) is 5.92 Å². The van der Waals surface area contributed by atoms with E-state index in [1.54, 1.807) is 30.1 Å². The Labute approximate surface area is 118 Å². The topological polar surface area (TPSA) is 69.6 Å². The second-order valence-electron chi connectivity index (χ2n) is 5.01. The van der Waals surface area contributed by atoms with Crippen molar-refractivity contribution in [1.29, 1.82) is 0 Å². The molecule has 0 spiro atoms. The highest BCUT2D eigenvalue weighted by Crippen LogP contribution is 2.45. The summed E-state index contributed by atoms with van der Waals surface area (Å²) in [7, 11) is 1.68. The van der Waals surface area contributed by atoms with Crippen LogP contribution in [0.1, 0.15) is 12.0 Å². The van der Waals surface area contributed by atoms with Gasteiger partial charge in [0.25, 0.3) is 5.91 Å². The summed E-state index contributed by atoms with van der Waals surface area (Å²) < 4.78 is 0.764. The van der Waals surface area contributed by atoms with Gasteiger partial charge in [0, 0.05) is 29.3 Å². The van der Waals surface area contributed by atoms with Crippen LogP contribution in [0.5, 0.6) is 0 Å². The number of amides is 2. The maximum absolute atomic E-state index is 12.2. The van der Waals surface area contributed by atoms with Crippen molar-refractivity contribution in [2.24, 2.45) is 5.92 Å². The number of aliphatic hydroxyl groups is 1. The predicted octanol–water partition coefficient (Wildman–Crippen LogP) is 1.07. The molecule has 2 heterocycles. The lowest BCUT2D eigenvalue weighted by molar-refractivity contribution is -0.150. The summed E-state index contributed by atoms with van der Waals surface area (Å²) in [6, 6.07) is 5.20. The summed E-state index contributed by atoms with van der Waals surface area (Å²) in [4.78, 5) is 25.8. The number of carbonyl (C=O) groups excluding carboxylic acids is 2. The van der Waals surface area contributed by atoms with Gasteiger partial charge in [-0.1, -0.05) is 15.9 Å². The molecule has 0 radical (unpaired) electrons. The first kappa shape index (κ1) is 12.6. The van der Waals surface area contributed by atoms with Crippen LogP contribution in [-0.2, 0) is 15.2 Å². The summed E-state index contributed by atoms with van der Waals surface area (Å²) in [6.07, 6.45) is 0.477. The smallest absolute Gasteiger partial charge is 0.261 e. The molecule has 1 fully saturated rings. The number of likely N-dealkylation sites (tertiary alicyclic amines) is 1. The largest absolute Gasteiger partial charge is 0.375 e. The molecule has 6 heteroatoms. The van der Waals surface area contributed by atoms with Gasteiger partial charge in [0.1, 0.15) is 0 Å². The van der Waals surface area contributed by atoms with Crippen LogP contribution in [-0.4, -0.2) is 35.4 Å². The highest BCUT2D eigenvalue weighted by molar-refractivity contribution is 9.10. The highest BCUT2D eigenvalue weighted by Gasteiger charge is 2.56.